The Morgan fingerprint density at radius 3 is 2.60 bits per heavy atom. The second kappa shape index (κ2) is 9.28. The number of carbonyl (C=O) groups is 4. The maximum Gasteiger partial charge on any atom is 0.259 e. The van der Waals surface area contributed by atoms with Crippen molar-refractivity contribution >= 4 is 40.1 Å². The smallest absolute Gasteiger partial charge is 0.259 e. The van der Waals surface area contributed by atoms with Crippen molar-refractivity contribution in [2.75, 3.05) is 18.0 Å². The summed E-state index contributed by atoms with van der Waals surface area (Å²) in [6, 6.07) is 9.27. The lowest BCUT2D eigenvalue weighted by Crippen LogP contribution is -2.53. The lowest BCUT2D eigenvalue weighted by atomic mass is 9.69. The maximum atomic E-state index is 13.4. The van der Waals surface area contributed by atoms with Crippen molar-refractivity contribution in [1.82, 2.24) is 20.0 Å². The largest absolute Gasteiger partial charge is 0.342 e. The van der Waals surface area contributed by atoms with Gasteiger partial charge in [0.05, 0.1) is 17.9 Å². The standard InChI is InChI=1S/C31H33N5O4/c1-31(12-3-13-31)30(40)34-14-10-21(11-15-34)35-18-19(17-32-35)16-20-6-7-24-27-22(20)4-2-5-23(27)29(39)36(24)25-8-9-26(37)33-28(25)38/h2,4-7,17-18,21,25H,3,8-16H2,1H3,(H,33,37,38)/t25-/m1/s1. The molecule has 4 aliphatic rings. The number of benzene rings is 2. The van der Waals surface area contributed by atoms with Gasteiger partial charge < -0.3 is 4.90 Å². The zero-order chi connectivity index (χ0) is 27.6. The van der Waals surface area contributed by atoms with Crippen LogP contribution in [0.1, 0.15) is 79.4 Å². The van der Waals surface area contributed by atoms with Crippen LogP contribution in [0.5, 0.6) is 0 Å². The Hall–Kier alpha value is -4.01. The molecule has 40 heavy (non-hydrogen) atoms. The van der Waals surface area contributed by atoms with Gasteiger partial charge in [0.25, 0.3) is 5.91 Å². The SMILES string of the molecule is CC1(C(=O)N2CCC(n3cc(Cc4ccc5c6c(cccc46)C(=O)N5[C@@H]4CCC(=O)NC4=O)cn3)CC2)CCC1. The first kappa shape index (κ1) is 25.0. The fourth-order valence-electron chi connectivity index (χ4n) is 6.98. The summed E-state index contributed by atoms with van der Waals surface area (Å²) in [5.74, 6) is -0.598. The first-order chi connectivity index (χ1) is 19.3. The molecule has 1 aliphatic carbocycles. The number of hydrogen-bond acceptors (Lipinski definition) is 5. The summed E-state index contributed by atoms with van der Waals surface area (Å²) >= 11 is 0. The van der Waals surface area contributed by atoms with Crippen molar-refractivity contribution in [1.29, 1.82) is 0 Å². The van der Waals surface area contributed by atoms with Crippen molar-refractivity contribution in [2.24, 2.45) is 5.41 Å². The van der Waals surface area contributed by atoms with Gasteiger partial charge in [-0.3, -0.25) is 34.1 Å². The molecule has 9 nitrogen and oxygen atoms in total. The number of anilines is 1. The molecule has 0 unspecified atom stereocenters. The molecule has 4 amide bonds. The molecule has 206 valence electrons. The van der Waals surface area contributed by atoms with E-state index in [1.165, 1.54) is 0 Å². The van der Waals surface area contributed by atoms with Crippen molar-refractivity contribution in [3.05, 3.63) is 59.4 Å². The number of amides is 4. The van der Waals surface area contributed by atoms with Crippen LogP contribution >= 0.6 is 0 Å². The third kappa shape index (κ3) is 3.93. The second-order valence-corrected chi connectivity index (χ2v) is 12.1. The number of piperidine rings is 2. The number of nitrogens with one attached hydrogen (secondary N) is 1. The van der Waals surface area contributed by atoms with Crippen molar-refractivity contribution in [3.63, 3.8) is 0 Å². The van der Waals surface area contributed by atoms with Crippen molar-refractivity contribution in [2.45, 2.75) is 70.4 Å². The average molecular weight is 540 g/mol. The molecule has 3 aromatic rings. The Bertz CT molecular complexity index is 1560. The molecule has 1 aromatic heterocycles. The number of likely N-dealkylation sites (tertiary alicyclic amines) is 1. The highest BCUT2D eigenvalue weighted by molar-refractivity contribution is 6.27. The Labute approximate surface area is 232 Å². The Balaban J connectivity index is 1.09. The summed E-state index contributed by atoms with van der Waals surface area (Å²) in [7, 11) is 0. The van der Waals surface area contributed by atoms with Crippen LogP contribution in [0, 0.1) is 5.41 Å². The zero-order valence-corrected chi connectivity index (χ0v) is 22.7. The minimum atomic E-state index is -0.692. The molecule has 4 heterocycles. The van der Waals surface area contributed by atoms with E-state index in [4.69, 9.17) is 0 Å². The van der Waals surface area contributed by atoms with Gasteiger partial charge in [-0.05, 0) is 60.7 Å². The Morgan fingerprint density at radius 1 is 1.07 bits per heavy atom. The molecule has 2 saturated heterocycles. The predicted molar refractivity (Wildman–Crippen MR) is 149 cm³/mol. The quantitative estimate of drug-likeness (QED) is 0.498. The van der Waals surface area contributed by atoms with Gasteiger partial charge in [0.2, 0.25) is 17.7 Å². The number of imide groups is 1. The lowest BCUT2D eigenvalue weighted by molar-refractivity contribution is -0.147. The molecule has 1 atom stereocenters. The van der Waals surface area contributed by atoms with Crippen molar-refractivity contribution in [3.8, 4) is 0 Å². The molecule has 9 heteroatoms. The molecule has 1 N–H and O–H groups in total. The predicted octanol–water partition coefficient (Wildman–Crippen LogP) is 3.75. The van der Waals surface area contributed by atoms with E-state index in [2.05, 4.69) is 28.2 Å². The van der Waals surface area contributed by atoms with E-state index in [1.807, 2.05) is 41.4 Å². The van der Waals surface area contributed by atoms with Crippen LogP contribution < -0.4 is 10.2 Å². The summed E-state index contributed by atoms with van der Waals surface area (Å²) in [5.41, 5.74) is 3.35. The molecule has 3 fully saturated rings. The molecule has 1 saturated carbocycles. The van der Waals surface area contributed by atoms with Gasteiger partial charge in [0.1, 0.15) is 6.04 Å². The summed E-state index contributed by atoms with van der Waals surface area (Å²) < 4.78 is 2.05. The van der Waals surface area contributed by atoms with Gasteiger partial charge in [0, 0.05) is 48.5 Å². The Morgan fingerprint density at radius 2 is 1.88 bits per heavy atom. The molecule has 0 radical (unpaired) electrons. The first-order valence-corrected chi connectivity index (χ1v) is 14.4. The summed E-state index contributed by atoms with van der Waals surface area (Å²) in [5, 5.41) is 8.92. The fraction of sp³-hybridized carbons (Fsp3) is 0.452. The van der Waals surface area contributed by atoms with Gasteiger partial charge in [0.15, 0.2) is 0 Å². The third-order valence-electron chi connectivity index (χ3n) is 9.49. The third-order valence-corrected chi connectivity index (χ3v) is 9.49. The molecule has 3 aliphatic heterocycles. The molecule has 0 spiro atoms. The van der Waals surface area contributed by atoms with Crippen molar-refractivity contribution < 1.29 is 19.2 Å². The van der Waals surface area contributed by atoms with Crippen LogP contribution in [0.15, 0.2) is 42.7 Å². The lowest BCUT2D eigenvalue weighted by Gasteiger charge is -2.43. The second-order valence-electron chi connectivity index (χ2n) is 12.1. The number of nitrogens with zero attached hydrogens (tertiary/aromatic N) is 4. The van der Waals surface area contributed by atoms with Crippen LogP contribution in [0.2, 0.25) is 0 Å². The van der Waals surface area contributed by atoms with Crippen LogP contribution in [0.25, 0.3) is 10.8 Å². The van der Waals surface area contributed by atoms with Crippen LogP contribution in [0.4, 0.5) is 5.69 Å². The zero-order valence-electron chi connectivity index (χ0n) is 22.7. The number of carbonyl (C=O) groups excluding carboxylic acids is 4. The maximum absolute atomic E-state index is 13.4. The molecule has 2 aromatic carbocycles. The molecular formula is C31H33N5O4. The van der Waals surface area contributed by atoms with Gasteiger partial charge >= 0.3 is 0 Å². The average Bonchev–Trinajstić information content (AvgIpc) is 3.52. The first-order valence-electron chi connectivity index (χ1n) is 14.4. The minimum Gasteiger partial charge on any atom is -0.342 e. The highest BCUT2D eigenvalue weighted by Crippen LogP contribution is 2.43. The van der Waals surface area contributed by atoms with Gasteiger partial charge in [-0.15, -0.1) is 0 Å². The van der Waals surface area contributed by atoms with Gasteiger partial charge in [-0.2, -0.15) is 5.10 Å². The van der Waals surface area contributed by atoms with E-state index in [1.54, 1.807) is 4.90 Å². The highest BCUT2D eigenvalue weighted by Gasteiger charge is 2.43. The van der Waals surface area contributed by atoms with Crippen LogP contribution in [-0.4, -0.2) is 57.4 Å². The van der Waals surface area contributed by atoms with Crippen LogP contribution in [-0.2, 0) is 20.8 Å². The summed E-state index contributed by atoms with van der Waals surface area (Å²) in [6.45, 7) is 3.66. The number of hydrogen-bond donors (Lipinski definition) is 1. The number of aromatic nitrogens is 2. The molecular weight excluding hydrogens is 506 g/mol. The molecule has 7 rings (SSSR count). The van der Waals surface area contributed by atoms with Gasteiger partial charge in [-0.1, -0.05) is 31.5 Å². The van der Waals surface area contributed by atoms with E-state index in [0.717, 1.165) is 72.8 Å². The fourth-order valence-corrected chi connectivity index (χ4v) is 6.98. The monoisotopic (exact) mass is 539 g/mol. The topological polar surface area (TPSA) is 105 Å². The van der Waals surface area contributed by atoms with Gasteiger partial charge in [-0.25, -0.2) is 0 Å². The highest BCUT2D eigenvalue weighted by atomic mass is 16.2. The van der Waals surface area contributed by atoms with E-state index < -0.39 is 11.9 Å². The van der Waals surface area contributed by atoms with Crippen LogP contribution in [0.3, 0.4) is 0 Å². The van der Waals surface area contributed by atoms with E-state index in [0.29, 0.717) is 24.3 Å². The molecule has 0 bridgehead atoms. The normalized spacial score (nSPS) is 22.5. The van der Waals surface area contributed by atoms with E-state index in [-0.39, 0.29) is 29.7 Å². The Kier molecular flexibility index (Phi) is 5.80. The van der Waals surface area contributed by atoms with E-state index >= 15 is 0 Å². The van der Waals surface area contributed by atoms with E-state index in [9.17, 15) is 19.2 Å². The minimum absolute atomic E-state index is 0.144. The summed E-state index contributed by atoms with van der Waals surface area (Å²) in [6.07, 6.45) is 10.2. The summed E-state index contributed by atoms with van der Waals surface area (Å²) in [4.78, 5) is 54.2. The number of rotatable bonds is 5.